The number of aromatic hydroxyl groups is 2. The van der Waals surface area contributed by atoms with Crippen LogP contribution in [0.1, 0.15) is 38.8 Å². The van der Waals surface area contributed by atoms with Crippen LogP contribution >= 0.6 is 23.2 Å². The van der Waals surface area contributed by atoms with Crippen molar-refractivity contribution in [3.8, 4) is 23.0 Å². The van der Waals surface area contributed by atoms with E-state index in [1.165, 1.54) is 26.9 Å². The topological polar surface area (TPSA) is 144 Å². The number of phenolic OH excluding ortho intramolecular Hbond substituents is 2. The number of benzene rings is 4. The van der Waals surface area contributed by atoms with Crippen molar-refractivity contribution in [2.45, 2.75) is 40.5 Å². The Morgan fingerprint density at radius 1 is 0.604 bits per heavy atom. The van der Waals surface area contributed by atoms with Gasteiger partial charge in [-0.2, -0.15) is 0 Å². The summed E-state index contributed by atoms with van der Waals surface area (Å²) in [5, 5.41) is 30.2. The third kappa shape index (κ3) is 8.93. The van der Waals surface area contributed by atoms with Crippen molar-refractivity contribution in [3.63, 3.8) is 0 Å². The number of halogens is 2. The van der Waals surface area contributed by atoms with Gasteiger partial charge in [-0.1, -0.05) is 63.0 Å². The summed E-state index contributed by atoms with van der Waals surface area (Å²) >= 11 is 12.9. The van der Waals surface area contributed by atoms with Crippen molar-refractivity contribution in [3.05, 3.63) is 94.5 Å². The molecule has 4 N–H and O–H groups in total. The quantitative estimate of drug-likeness (QED) is 0.0843. The van der Waals surface area contributed by atoms with Crippen molar-refractivity contribution in [2.24, 2.45) is 10.8 Å². The number of rotatable bonds is 14. The van der Waals surface area contributed by atoms with Gasteiger partial charge in [0, 0.05) is 44.3 Å². The first-order valence-corrected chi connectivity index (χ1v) is 17.7. The molecule has 0 aliphatic heterocycles. The Hall–Kier alpha value is -5.10. The summed E-state index contributed by atoms with van der Waals surface area (Å²) in [7, 11) is 2.99. The molecule has 0 bridgehead atoms. The second kappa shape index (κ2) is 15.5. The zero-order chi connectivity index (χ0) is 37.9. The van der Waals surface area contributed by atoms with E-state index in [1.807, 2.05) is 36.4 Å². The maximum atomic E-state index is 10.4. The maximum Gasteiger partial charge on any atom is 0.162 e. The van der Waals surface area contributed by atoms with Crippen molar-refractivity contribution in [1.82, 2.24) is 19.9 Å². The molecule has 276 valence electrons. The van der Waals surface area contributed by atoms with Crippen LogP contribution in [0.15, 0.2) is 73.3 Å². The first-order chi connectivity index (χ1) is 25.2. The van der Waals surface area contributed by atoms with Gasteiger partial charge in [-0.05, 0) is 71.2 Å². The van der Waals surface area contributed by atoms with Crippen LogP contribution in [0.2, 0.25) is 10.0 Å². The van der Waals surface area contributed by atoms with E-state index in [0.717, 1.165) is 22.5 Å². The number of fused-ring (bicyclic) bond motifs is 2. The van der Waals surface area contributed by atoms with Crippen molar-refractivity contribution >= 4 is 68.0 Å². The summed E-state index contributed by atoms with van der Waals surface area (Å²) in [5.74, 6) is 1.73. The van der Waals surface area contributed by atoms with Crippen molar-refractivity contribution in [1.29, 1.82) is 0 Å². The summed E-state index contributed by atoms with van der Waals surface area (Å²) in [6.45, 7) is 9.70. The molecule has 6 rings (SSSR count). The maximum absolute atomic E-state index is 10.4. The van der Waals surface area contributed by atoms with Gasteiger partial charge in [0.1, 0.15) is 24.3 Å². The van der Waals surface area contributed by atoms with E-state index >= 15 is 0 Å². The lowest BCUT2D eigenvalue weighted by atomic mass is 9.84. The molecule has 0 fully saturated rings. The molecule has 0 amide bonds. The molecule has 6 aromatic rings. The van der Waals surface area contributed by atoms with Gasteiger partial charge in [0.25, 0.3) is 0 Å². The lowest BCUT2D eigenvalue weighted by molar-refractivity contribution is 0.0155. The minimum atomic E-state index is -0.241. The molecule has 2 heterocycles. The number of ether oxygens (including phenoxy) is 3. The van der Waals surface area contributed by atoms with Crippen LogP contribution in [0.25, 0.3) is 21.8 Å². The second-order valence-electron chi connectivity index (χ2n) is 14.6. The molecule has 11 nitrogen and oxygen atoms in total. The lowest BCUT2D eigenvalue weighted by Crippen LogP contribution is -2.28. The van der Waals surface area contributed by atoms with Crippen molar-refractivity contribution in [2.75, 3.05) is 38.1 Å². The molecule has 0 radical (unpaired) electrons. The van der Waals surface area contributed by atoms with E-state index in [0.29, 0.717) is 81.0 Å². The predicted molar refractivity (Wildman–Crippen MR) is 211 cm³/mol. The molecular formula is C40H42Cl2N6O5. The summed E-state index contributed by atoms with van der Waals surface area (Å²) in [4.78, 5) is 17.6. The highest BCUT2D eigenvalue weighted by molar-refractivity contribution is 6.31. The van der Waals surface area contributed by atoms with Gasteiger partial charge in [-0.25, -0.2) is 19.9 Å². The molecular weight excluding hydrogens is 715 g/mol. The molecule has 0 aliphatic rings. The highest BCUT2D eigenvalue weighted by Crippen LogP contribution is 2.38. The number of hydrogen-bond donors (Lipinski definition) is 4. The number of nitrogens with one attached hydrogen (secondary N) is 2. The molecule has 0 unspecified atom stereocenters. The Balaban J connectivity index is 1.14. The number of hydrogen-bond acceptors (Lipinski definition) is 11. The highest BCUT2D eigenvalue weighted by Gasteiger charge is 2.26. The summed E-state index contributed by atoms with van der Waals surface area (Å²) in [5.41, 5.74) is 4.44. The van der Waals surface area contributed by atoms with Gasteiger partial charge in [0.2, 0.25) is 0 Å². The number of anilines is 4. The normalized spacial score (nSPS) is 11.9. The van der Waals surface area contributed by atoms with Crippen LogP contribution in [-0.4, -0.2) is 57.6 Å². The monoisotopic (exact) mass is 756 g/mol. The lowest BCUT2D eigenvalue weighted by Gasteiger charge is -2.30. The van der Waals surface area contributed by atoms with Crippen LogP contribution < -0.4 is 20.1 Å². The highest BCUT2D eigenvalue weighted by atomic mass is 35.5. The first-order valence-electron chi connectivity index (χ1n) is 17.0. The zero-order valence-electron chi connectivity index (χ0n) is 30.4. The number of aromatic nitrogens is 4. The summed E-state index contributed by atoms with van der Waals surface area (Å²) in [6.07, 6.45) is 4.31. The molecule has 0 saturated carbocycles. The molecule has 0 spiro atoms. The zero-order valence-corrected chi connectivity index (χ0v) is 31.9. The molecule has 4 aromatic carbocycles. The number of nitrogens with zero attached hydrogens (tertiary/aromatic N) is 4. The Bertz CT molecular complexity index is 2130. The second-order valence-corrected chi connectivity index (χ2v) is 15.4. The van der Waals surface area contributed by atoms with Crippen LogP contribution in [0, 0.1) is 10.8 Å². The molecule has 0 aliphatic carbocycles. The average Bonchev–Trinajstić information content (AvgIpc) is 3.10. The average molecular weight is 758 g/mol. The fourth-order valence-electron chi connectivity index (χ4n) is 6.30. The van der Waals surface area contributed by atoms with Crippen LogP contribution in [0.5, 0.6) is 23.0 Å². The molecule has 0 saturated heterocycles. The smallest absolute Gasteiger partial charge is 0.162 e. The molecule has 13 heteroatoms. The number of methoxy groups -OCH3 is 2. The third-order valence-corrected chi connectivity index (χ3v) is 9.32. The van der Waals surface area contributed by atoms with Gasteiger partial charge < -0.3 is 35.1 Å². The molecule has 2 aromatic heterocycles. The van der Waals surface area contributed by atoms with Gasteiger partial charge in [-0.3, -0.25) is 0 Å². The minimum Gasteiger partial charge on any atom is -0.504 e. The van der Waals surface area contributed by atoms with Gasteiger partial charge in [0.15, 0.2) is 23.0 Å². The minimum absolute atomic E-state index is 0.00387. The van der Waals surface area contributed by atoms with Gasteiger partial charge in [0.05, 0.1) is 38.5 Å². The van der Waals surface area contributed by atoms with Gasteiger partial charge >= 0.3 is 0 Å². The van der Waals surface area contributed by atoms with Crippen LogP contribution in [0.3, 0.4) is 0 Å². The largest absolute Gasteiger partial charge is 0.504 e. The van der Waals surface area contributed by atoms with E-state index in [9.17, 15) is 10.2 Å². The summed E-state index contributed by atoms with van der Waals surface area (Å²) < 4.78 is 17.0. The third-order valence-electron chi connectivity index (χ3n) is 8.85. The Morgan fingerprint density at radius 3 is 1.42 bits per heavy atom. The fraction of sp³-hybridized carbons (Fsp3) is 0.300. The van der Waals surface area contributed by atoms with Gasteiger partial charge in [-0.15, -0.1) is 0 Å². The van der Waals surface area contributed by atoms with E-state index in [1.54, 1.807) is 24.3 Å². The molecule has 0 atom stereocenters. The van der Waals surface area contributed by atoms with E-state index in [2.05, 4.69) is 58.3 Å². The Labute approximate surface area is 318 Å². The standard InChI is InChI=1S/C40H42Cl2N6O5/c1-39(2,17-23-7-9-25(41)11-29(23)47-37-27-13-33(49)35(51-5)15-31(27)43-21-45-37)19-53-20-40(3,4)18-24-8-10-26(42)12-30(24)48-38-28-14-34(50)36(52-6)16-32(28)44-22-46-38/h7-16,21-22,49-50H,17-20H2,1-6H3,(H,43,45,47)(H,44,46,48). The van der Waals surface area contributed by atoms with Crippen LogP contribution in [0.4, 0.5) is 23.0 Å². The fourth-order valence-corrected chi connectivity index (χ4v) is 6.65. The van der Waals surface area contributed by atoms with E-state index in [-0.39, 0.29) is 22.3 Å². The van der Waals surface area contributed by atoms with E-state index < -0.39 is 0 Å². The predicted octanol–water partition coefficient (Wildman–Crippen LogP) is 9.65. The Morgan fingerprint density at radius 2 is 1.02 bits per heavy atom. The SMILES string of the molecule is COc1cc2ncnc(Nc3cc(Cl)ccc3CC(C)(C)COCC(C)(C)Cc3ccc(Cl)cc3Nc3ncnc4cc(OC)c(O)cc34)c2cc1O. The summed E-state index contributed by atoms with van der Waals surface area (Å²) in [6, 6.07) is 18.0. The number of phenols is 2. The van der Waals surface area contributed by atoms with E-state index in [4.69, 9.17) is 37.4 Å². The first kappa shape index (κ1) is 37.7. The van der Waals surface area contributed by atoms with Crippen LogP contribution in [-0.2, 0) is 17.6 Å². The van der Waals surface area contributed by atoms with Crippen molar-refractivity contribution < 1.29 is 24.4 Å². The molecule has 53 heavy (non-hydrogen) atoms. The Kier molecular flexibility index (Phi) is 11.0.